The Morgan fingerprint density at radius 3 is 3.11 bits per heavy atom. The standard InChI is InChI=1S/C16H16N2O/c19-12-13-4-3-8-18(11-13)9-7-14-10-17-16-6-2-1-5-15(14)16/h1-6,10-12,17H,7-9H2. The van der Waals surface area contributed by atoms with E-state index in [9.17, 15) is 4.79 Å². The highest BCUT2D eigenvalue weighted by Crippen LogP contribution is 2.18. The fourth-order valence-corrected chi connectivity index (χ4v) is 2.46. The lowest BCUT2D eigenvalue weighted by Gasteiger charge is -2.21. The molecule has 3 rings (SSSR count). The Morgan fingerprint density at radius 1 is 1.32 bits per heavy atom. The second-order valence-corrected chi connectivity index (χ2v) is 4.75. The third-order valence-corrected chi connectivity index (χ3v) is 3.46. The molecule has 0 atom stereocenters. The monoisotopic (exact) mass is 252 g/mol. The van der Waals surface area contributed by atoms with Crippen molar-refractivity contribution < 1.29 is 4.79 Å². The van der Waals surface area contributed by atoms with Crippen molar-refractivity contribution in [3.8, 4) is 0 Å². The number of para-hydroxylation sites is 1. The fraction of sp³-hybridized carbons (Fsp3) is 0.188. The topological polar surface area (TPSA) is 36.1 Å². The molecule has 0 saturated carbocycles. The van der Waals surface area contributed by atoms with Gasteiger partial charge in [0.1, 0.15) is 0 Å². The predicted molar refractivity (Wildman–Crippen MR) is 76.9 cm³/mol. The first-order chi connectivity index (χ1) is 9.36. The van der Waals surface area contributed by atoms with E-state index in [1.54, 1.807) is 0 Å². The summed E-state index contributed by atoms with van der Waals surface area (Å²) in [5.41, 5.74) is 3.25. The van der Waals surface area contributed by atoms with Crippen LogP contribution < -0.4 is 0 Å². The minimum Gasteiger partial charge on any atom is -0.373 e. The summed E-state index contributed by atoms with van der Waals surface area (Å²) in [5.74, 6) is 0. The van der Waals surface area contributed by atoms with Crippen molar-refractivity contribution in [1.29, 1.82) is 0 Å². The van der Waals surface area contributed by atoms with Gasteiger partial charge in [-0.1, -0.05) is 30.4 Å². The van der Waals surface area contributed by atoms with E-state index in [0.29, 0.717) is 0 Å². The van der Waals surface area contributed by atoms with Crippen LogP contribution in [-0.2, 0) is 11.2 Å². The van der Waals surface area contributed by atoms with Crippen molar-refractivity contribution in [3.05, 3.63) is 60.0 Å². The maximum Gasteiger partial charge on any atom is 0.151 e. The largest absolute Gasteiger partial charge is 0.373 e. The van der Waals surface area contributed by atoms with E-state index in [-0.39, 0.29) is 0 Å². The Balaban J connectivity index is 1.71. The van der Waals surface area contributed by atoms with Crippen LogP contribution in [0.2, 0.25) is 0 Å². The van der Waals surface area contributed by atoms with Gasteiger partial charge in [0.2, 0.25) is 0 Å². The van der Waals surface area contributed by atoms with E-state index in [4.69, 9.17) is 0 Å². The number of nitrogens with one attached hydrogen (secondary N) is 1. The van der Waals surface area contributed by atoms with Crippen LogP contribution in [-0.4, -0.2) is 29.3 Å². The molecule has 0 fully saturated rings. The average Bonchev–Trinajstić information content (AvgIpc) is 2.89. The smallest absolute Gasteiger partial charge is 0.151 e. The highest BCUT2D eigenvalue weighted by molar-refractivity contribution is 5.83. The molecule has 19 heavy (non-hydrogen) atoms. The molecular formula is C16H16N2O. The van der Waals surface area contributed by atoms with E-state index in [1.165, 1.54) is 16.5 Å². The molecule has 3 nitrogen and oxygen atoms in total. The van der Waals surface area contributed by atoms with E-state index in [2.05, 4.69) is 34.3 Å². The zero-order valence-electron chi connectivity index (χ0n) is 10.7. The highest BCUT2D eigenvalue weighted by Gasteiger charge is 2.07. The molecule has 1 aliphatic rings. The first kappa shape index (κ1) is 11.8. The molecular weight excluding hydrogens is 236 g/mol. The van der Waals surface area contributed by atoms with Crippen molar-refractivity contribution in [2.45, 2.75) is 6.42 Å². The van der Waals surface area contributed by atoms with Gasteiger partial charge in [-0.15, -0.1) is 0 Å². The predicted octanol–water partition coefficient (Wildman–Crippen LogP) is 2.67. The summed E-state index contributed by atoms with van der Waals surface area (Å²) in [5, 5.41) is 1.29. The van der Waals surface area contributed by atoms with Crippen LogP contribution in [0.15, 0.2) is 54.4 Å². The van der Waals surface area contributed by atoms with Crippen LogP contribution in [0.4, 0.5) is 0 Å². The van der Waals surface area contributed by atoms with Crippen molar-refractivity contribution in [3.63, 3.8) is 0 Å². The second-order valence-electron chi connectivity index (χ2n) is 4.75. The Kier molecular flexibility index (Phi) is 3.19. The molecule has 2 aromatic rings. The van der Waals surface area contributed by atoms with Crippen molar-refractivity contribution in [1.82, 2.24) is 9.88 Å². The quantitative estimate of drug-likeness (QED) is 0.849. The van der Waals surface area contributed by atoms with Crippen LogP contribution in [0.25, 0.3) is 10.9 Å². The minimum absolute atomic E-state index is 0.741. The van der Waals surface area contributed by atoms with Crippen molar-refractivity contribution in [2.24, 2.45) is 0 Å². The van der Waals surface area contributed by atoms with Gasteiger partial charge in [-0.3, -0.25) is 4.79 Å². The Hall–Kier alpha value is -2.29. The number of carbonyl (C=O) groups excluding carboxylic acids is 1. The van der Waals surface area contributed by atoms with Gasteiger partial charge >= 0.3 is 0 Å². The summed E-state index contributed by atoms with van der Waals surface area (Å²) >= 11 is 0. The highest BCUT2D eigenvalue weighted by atomic mass is 16.1. The number of aromatic nitrogens is 1. The molecule has 0 aliphatic carbocycles. The normalized spacial score (nSPS) is 14.7. The van der Waals surface area contributed by atoms with Crippen molar-refractivity contribution in [2.75, 3.05) is 13.1 Å². The lowest BCUT2D eigenvalue weighted by atomic mass is 10.1. The summed E-state index contributed by atoms with van der Waals surface area (Å²) in [4.78, 5) is 16.2. The summed E-state index contributed by atoms with van der Waals surface area (Å²) in [6.45, 7) is 1.79. The molecule has 1 aromatic carbocycles. The molecule has 1 N–H and O–H groups in total. The van der Waals surface area contributed by atoms with Gasteiger partial charge in [0.15, 0.2) is 6.29 Å². The summed E-state index contributed by atoms with van der Waals surface area (Å²) in [7, 11) is 0. The van der Waals surface area contributed by atoms with E-state index in [1.807, 2.05) is 24.4 Å². The fourth-order valence-electron chi connectivity index (χ4n) is 2.46. The number of carbonyl (C=O) groups is 1. The molecule has 2 heterocycles. The molecule has 0 unspecified atom stereocenters. The molecule has 0 saturated heterocycles. The summed E-state index contributed by atoms with van der Waals surface area (Å²) in [6.07, 6.45) is 9.78. The van der Waals surface area contributed by atoms with Crippen LogP contribution in [0.1, 0.15) is 5.56 Å². The second kappa shape index (κ2) is 5.14. The van der Waals surface area contributed by atoms with E-state index in [0.717, 1.165) is 31.4 Å². The van der Waals surface area contributed by atoms with Gasteiger partial charge in [-0.05, 0) is 18.1 Å². The third kappa shape index (κ3) is 2.45. The maximum absolute atomic E-state index is 10.8. The number of aldehydes is 1. The molecule has 96 valence electrons. The number of H-pyrrole nitrogens is 1. The van der Waals surface area contributed by atoms with Gasteiger partial charge in [-0.2, -0.15) is 0 Å². The molecule has 0 bridgehead atoms. The van der Waals surface area contributed by atoms with Crippen LogP contribution in [0.3, 0.4) is 0 Å². The lowest BCUT2D eigenvalue weighted by molar-refractivity contribution is -0.104. The summed E-state index contributed by atoms with van der Waals surface area (Å²) < 4.78 is 0. The van der Waals surface area contributed by atoms with E-state index >= 15 is 0 Å². The molecule has 3 heteroatoms. The van der Waals surface area contributed by atoms with Crippen molar-refractivity contribution >= 4 is 17.2 Å². The van der Waals surface area contributed by atoms with Gasteiger partial charge in [0.25, 0.3) is 0 Å². The number of aromatic amines is 1. The molecule has 0 radical (unpaired) electrons. The number of benzene rings is 1. The van der Waals surface area contributed by atoms with Crippen LogP contribution >= 0.6 is 0 Å². The summed E-state index contributed by atoms with van der Waals surface area (Å²) in [6, 6.07) is 8.33. The SMILES string of the molecule is O=CC1=CN(CCc2c[nH]c3ccccc23)CC=C1. The van der Waals surface area contributed by atoms with Crippen LogP contribution in [0, 0.1) is 0 Å². The van der Waals surface area contributed by atoms with Gasteiger partial charge in [0.05, 0.1) is 0 Å². The lowest BCUT2D eigenvalue weighted by Crippen LogP contribution is -2.23. The van der Waals surface area contributed by atoms with Gasteiger partial charge in [-0.25, -0.2) is 0 Å². The molecule has 1 aromatic heterocycles. The third-order valence-electron chi connectivity index (χ3n) is 3.46. The van der Waals surface area contributed by atoms with E-state index < -0.39 is 0 Å². The molecule has 1 aliphatic heterocycles. The first-order valence-electron chi connectivity index (χ1n) is 6.49. The Labute approximate surface area is 112 Å². The zero-order valence-corrected chi connectivity index (χ0v) is 10.7. The van der Waals surface area contributed by atoms with Crippen LogP contribution in [0.5, 0.6) is 0 Å². The molecule has 0 spiro atoms. The number of rotatable bonds is 4. The number of allylic oxidation sites excluding steroid dienone is 2. The first-order valence-corrected chi connectivity index (χ1v) is 6.49. The van der Waals surface area contributed by atoms with Gasteiger partial charge in [0, 0.05) is 42.0 Å². The van der Waals surface area contributed by atoms with Gasteiger partial charge < -0.3 is 9.88 Å². The number of nitrogens with zero attached hydrogens (tertiary/aromatic N) is 1. The number of hydrogen-bond donors (Lipinski definition) is 1. The average molecular weight is 252 g/mol. The Morgan fingerprint density at radius 2 is 2.21 bits per heavy atom. The minimum atomic E-state index is 0.741. The molecule has 0 amide bonds. The number of hydrogen-bond acceptors (Lipinski definition) is 2. The zero-order chi connectivity index (χ0) is 13.1. The maximum atomic E-state index is 10.8. The number of fused-ring (bicyclic) bond motifs is 1. The Bertz CT molecular complexity index is 652.